The Morgan fingerprint density at radius 3 is 2.06 bits per heavy atom. The van der Waals surface area contributed by atoms with Crippen molar-refractivity contribution < 1.29 is 9.53 Å². The van der Waals surface area contributed by atoms with Crippen LogP contribution in [-0.4, -0.2) is 36.1 Å². The van der Waals surface area contributed by atoms with Gasteiger partial charge in [0.2, 0.25) is 0 Å². The highest BCUT2D eigenvalue weighted by Crippen LogP contribution is 2.25. The Kier molecular flexibility index (Phi) is 8.52. The number of methoxy groups -OCH3 is 1. The van der Waals surface area contributed by atoms with Crippen molar-refractivity contribution in [3.05, 3.63) is 102 Å². The Labute approximate surface area is 201 Å². The van der Waals surface area contributed by atoms with Crippen molar-refractivity contribution in [1.29, 1.82) is 0 Å². The van der Waals surface area contributed by atoms with Gasteiger partial charge < -0.3 is 14.6 Å². The number of benzene rings is 3. The number of fused-ring (bicyclic) bond motifs is 1. The van der Waals surface area contributed by atoms with Crippen LogP contribution in [0.5, 0.6) is 5.75 Å². The van der Waals surface area contributed by atoms with Gasteiger partial charge in [0.05, 0.1) is 7.11 Å². The standard InChI is InChI=1S/C27H29N3O2.ClH/c1-28-27(31)26-18-23-17-24(32-2)13-14-25(23)30(26)16-15-29(19-21-9-5-3-6-10-21)20-22-11-7-4-8-12-22;/h3-14,17-18H,15-16,19-20H2,1-2H3,(H,28,31);1H. The van der Waals surface area contributed by atoms with E-state index in [1.54, 1.807) is 14.2 Å². The van der Waals surface area contributed by atoms with Crippen molar-refractivity contribution in [2.75, 3.05) is 20.7 Å². The summed E-state index contributed by atoms with van der Waals surface area (Å²) in [6, 6.07) is 28.9. The summed E-state index contributed by atoms with van der Waals surface area (Å²) in [5.41, 5.74) is 4.24. The number of ether oxygens (including phenoxy) is 1. The van der Waals surface area contributed by atoms with E-state index >= 15 is 0 Å². The third-order valence-electron chi connectivity index (χ3n) is 5.71. The molecule has 4 rings (SSSR count). The smallest absolute Gasteiger partial charge is 0.267 e. The predicted octanol–water partition coefficient (Wildman–Crippen LogP) is 5.13. The number of hydrogen-bond donors (Lipinski definition) is 1. The molecule has 1 aromatic heterocycles. The molecule has 4 aromatic rings. The number of carbonyl (C=O) groups is 1. The van der Waals surface area contributed by atoms with Crippen LogP contribution in [0.2, 0.25) is 0 Å². The van der Waals surface area contributed by atoms with Gasteiger partial charge in [0.1, 0.15) is 11.4 Å². The summed E-state index contributed by atoms with van der Waals surface area (Å²) in [4.78, 5) is 15.0. The number of nitrogens with one attached hydrogen (secondary N) is 1. The van der Waals surface area contributed by atoms with Crippen molar-refractivity contribution >= 4 is 29.2 Å². The number of amides is 1. The molecule has 0 atom stereocenters. The summed E-state index contributed by atoms with van der Waals surface area (Å²) in [6.45, 7) is 3.21. The number of aromatic nitrogens is 1. The number of rotatable bonds is 9. The van der Waals surface area contributed by atoms with Crippen LogP contribution < -0.4 is 10.1 Å². The maximum absolute atomic E-state index is 12.6. The molecule has 1 N–H and O–H groups in total. The van der Waals surface area contributed by atoms with Crippen LogP contribution >= 0.6 is 12.4 Å². The molecule has 0 fully saturated rings. The van der Waals surface area contributed by atoms with Gasteiger partial charge in [-0.2, -0.15) is 0 Å². The highest BCUT2D eigenvalue weighted by Gasteiger charge is 2.16. The molecule has 0 unspecified atom stereocenters. The minimum absolute atomic E-state index is 0. The number of hydrogen-bond acceptors (Lipinski definition) is 3. The quantitative estimate of drug-likeness (QED) is 0.374. The number of carbonyl (C=O) groups excluding carboxylic acids is 1. The molecule has 0 aliphatic heterocycles. The van der Waals surface area contributed by atoms with Gasteiger partial charge in [0.15, 0.2) is 0 Å². The van der Waals surface area contributed by atoms with Crippen molar-refractivity contribution in [3.63, 3.8) is 0 Å². The minimum atomic E-state index is -0.0853. The van der Waals surface area contributed by atoms with Crippen LogP contribution in [-0.2, 0) is 19.6 Å². The summed E-state index contributed by atoms with van der Waals surface area (Å²) in [6.07, 6.45) is 0. The molecule has 0 aliphatic rings. The average molecular weight is 464 g/mol. The molecule has 6 heteroatoms. The average Bonchev–Trinajstić information content (AvgIpc) is 3.21. The van der Waals surface area contributed by atoms with Gasteiger partial charge >= 0.3 is 0 Å². The zero-order valence-electron chi connectivity index (χ0n) is 19.0. The Morgan fingerprint density at radius 1 is 0.909 bits per heavy atom. The number of halogens is 1. The molecule has 33 heavy (non-hydrogen) atoms. The first kappa shape index (κ1) is 24.4. The first-order valence-corrected chi connectivity index (χ1v) is 10.9. The zero-order valence-corrected chi connectivity index (χ0v) is 19.8. The molecule has 0 saturated carbocycles. The highest BCUT2D eigenvalue weighted by molar-refractivity contribution is 5.99. The summed E-state index contributed by atoms with van der Waals surface area (Å²) in [5.74, 6) is 0.700. The lowest BCUT2D eigenvalue weighted by Crippen LogP contribution is -2.29. The largest absolute Gasteiger partial charge is 0.497 e. The molecular weight excluding hydrogens is 434 g/mol. The van der Waals surface area contributed by atoms with Crippen molar-refractivity contribution in [2.45, 2.75) is 19.6 Å². The van der Waals surface area contributed by atoms with Crippen molar-refractivity contribution in [1.82, 2.24) is 14.8 Å². The van der Waals surface area contributed by atoms with E-state index in [2.05, 4.69) is 63.3 Å². The van der Waals surface area contributed by atoms with Gasteiger partial charge in [-0.3, -0.25) is 9.69 Å². The van der Waals surface area contributed by atoms with E-state index in [-0.39, 0.29) is 18.3 Å². The van der Waals surface area contributed by atoms with Gasteiger partial charge in [0, 0.05) is 44.1 Å². The molecule has 0 saturated heterocycles. The molecule has 0 radical (unpaired) electrons. The fourth-order valence-corrected chi connectivity index (χ4v) is 4.07. The van der Waals surface area contributed by atoms with Crippen LogP contribution in [0.4, 0.5) is 0 Å². The van der Waals surface area contributed by atoms with E-state index in [4.69, 9.17) is 4.74 Å². The molecule has 1 amide bonds. The maximum atomic E-state index is 12.6. The first-order valence-electron chi connectivity index (χ1n) is 10.9. The summed E-state index contributed by atoms with van der Waals surface area (Å²) in [5, 5.41) is 3.77. The topological polar surface area (TPSA) is 46.5 Å². The molecule has 3 aromatic carbocycles. The minimum Gasteiger partial charge on any atom is -0.497 e. The lowest BCUT2D eigenvalue weighted by Gasteiger charge is -2.24. The van der Waals surface area contributed by atoms with Gasteiger partial charge in [-0.15, -0.1) is 12.4 Å². The highest BCUT2D eigenvalue weighted by atomic mass is 35.5. The van der Waals surface area contributed by atoms with E-state index in [0.29, 0.717) is 12.2 Å². The van der Waals surface area contributed by atoms with Gasteiger partial charge in [-0.05, 0) is 35.4 Å². The van der Waals surface area contributed by atoms with Crippen LogP contribution in [0, 0.1) is 0 Å². The predicted molar refractivity (Wildman–Crippen MR) is 136 cm³/mol. The second-order valence-electron chi connectivity index (χ2n) is 7.87. The van der Waals surface area contributed by atoms with Crippen molar-refractivity contribution in [3.8, 4) is 5.75 Å². The summed E-state index contributed by atoms with van der Waals surface area (Å²) in [7, 11) is 3.32. The summed E-state index contributed by atoms with van der Waals surface area (Å²) >= 11 is 0. The fourth-order valence-electron chi connectivity index (χ4n) is 4.07. The maximum Gasteiger partial charge on any atom is 0.267 e. The van der Waals surface area contributed by atoms with E-state index in [1.165, 1.54) is 11.1 Å². The molecule has 0 aliphatic carbocycles. The Balaban J connectivity index is 0.00000306. The van der Waals surface area contributed by atoms with E-state index in [9.17, 15) is 4.79 Å². The van der Waals surface area contributed by atoms with Gasteiger partial charge in [-0.25, -0.2) is 0 Å². The molecule has 172 valence electrons. The van der Waals surface area contributed by atoms with Crippen LogP contribution in [0.1, 0.15) is 21.6 Å². The first-order chi connectivity index (χ1) is 15.7. The fraction of sp³-hybridized carbons (Fsp3) is 0.222. The molecule has 5 nitrogen and oxygen atoms in total. The monoisotopic (exact) mass is 463 g/mol. The van der Waals surface area contributed by atoms with Crippen LogP contribution in [0.25, 0.3) is 10.9 Å². The zero-order chi connectivity index (χ0) is 22.3. The van der Waals surface area contributed by atoms with Crippen LogP contribution in [0.3, 0.4) is 0 Å². The molecule has 0 spiro atoms. The van der Waals surface area contributed by atoms with Gasteiger partial charge in [-0.1, -0.05) is 60.7 Å². The third-order valence-corrected chi connectivity index (χ3v) is 5.71. The Bertz CT molecular complexity index is 1130. The molecule has 1 heterocycles. The van der Waals surface area contributed by atoms with Gasteiger partial charge in [0.25, 0.3) is 5.91 Å². The second kappa shape index (κ2) is 11.5. The van der Waals surface area contributed by atoms with E-state index < -0.39 is 0 Å². The van der Waals surface area contributed by atoms with E-state index in [1.807, 2.05) is 36.4 Å². The molecular formula is C27H30ClN3O2. The Morgan fingerprint density at radius 2 is 1.52 bits per heavy atom. The Hall–Kier alpha value is -3.28. The third kappa shape index (κ3) is 5.95. The van der Waals surface area contributed by atoms with Crippen LogP contribution in [0.15, 0.2) is 84.9 Å². The SMILES string of the molecule is CNC(=O)c1cc2cc(OC)ccc2n1CCN(Cc1ccccc1)Cc1ccccc1.Cl. The lowest BCUT2D eigenvalue weighted by atomic mass is 10.1. The normalized spacial score (nSPS) is 10.8. The van der Waals surface area contributed by atoms with Crippen molar-refractivity contribution in [2.24, 2.45) is 0 Å². The summed E-state index contributed by atoms with van der Waals surface area (Å²) < 4.78 is 7.48. The lowest BCUT2D eigenvalue weighted by molar-refractivity contribution is 0.0953. The number of nitrogens with zero attached hydrogens (tertiary/aromatic N) is 2. The molecule has 0 bridgehead atoms. The second-order valence-corrected chi connectivity index (χ2v) is 7.87. The van der Waals surface area contributed by atoms with E-state index in [0.717, 1.165) is 36.3 Å².